The third-order valence-electron chi connectivity index (χ3n) is 8.47. The fraction of sp³-hybridized carbons (Fsp3) is 0.438. The molecule has 1 fully saturated rings. The van der Waals surface area contributed by atoms with E-state index in [4.69, 9.17) is 0 Å². The molecule has 1 aromatic rings. The number of hydrogen-bond donors (Lipinski definition) is 0. The summed E-state index contributed by atoms with van der Waals surface area (Å²) in [7, 11) is 0. The SMILES string of the molecule is CC1=CCC(C)=C1C1=CC=C(Cc2ccc(C3CCC(C(C)C)CC3)cc2)C2=CC=CC21. The summed E-state index contributed by atoms with van der Waals surface area (Å²) in [5, 5.41) is 0. The van der Waals surface area contributed by atoms with E-state index in [1.54, 1.807) is 5.56 Å². The van der Waals surface area contributed by atoms with Crippen LogP contribution in [0.3, 0.4) is 0 Å². The maximum atomic E-state index is 2.42. The van der Waals surface area contributed by atoms with Crippen LogP contribution in [0.1, 0.15) is 76.8 Å². The third kappa shape index (κ3) is 4.05. The molecule has 0 saturated heterocycles. The lowest BCUT2D eigenvalue weighted by atomic mass is 9.74. The molecular weight excluding hydrogens is 384 g/mol. The van der Waals surface area contributed by atoms with Gasteiger partial charge in [-0.25, -0.2) is 0 Å². The Labute approximate surface area is 195 Å². The quantitative estimate of drug-likeness (QED) is 0.444. The molecule has 0 amide bonds. The summed E-state index contributed by atoms with van der Waals surface area (Å²) >= 11 is 0. The van der Waals surface area contributed by atoms with E-state index in [1.165, 1.54) is 64.7 Å². The number of fused-ring (bicyclic) bond motifs is 1. The highest BCUT2D eigenvalue weighted by Crippen LogP contribution is 2.44. The van der Waals surface area contributed by atoms with Crippen LogP contribution in [0, 0.1) is 17.8 Å². The fourth-order valence-corrected chi connectivity index (χ4v) is 6.41. The highest BCUT2D eigenvalue weighted by Gasteiger charge is 2.29. The summed E-state index contributed by atoms with van der Waals surface area (Å²) in [6.45, 7) is 9.34. The van der Waals surface area contributed by atoms with Gasteiger partial charge in [0.1, 0.15) is 0 Å². The number of allylic oxidation sites excluding steroid dienone is 12. The van der Waals surface area contributed by atoms with E-state index < -0.39 is 0 Å². The van der Waals surface area contributed by atoms with E-state index in [1.807, 2.05) is 0 Å². The molecule has 0 spiro atoms. The summed E-state index contributed by atoms with van der Waals surface area (Å²) in [4.78, 5) is 0. The predicted octanol–water partition coefficient (Wildman–Crippen LogP) is 8.80. The molecule has 0 bridgehead atoms. The molecule has 0 aromatic heterocycles. The highest BCUT2D eigenvalue weighted by atomic mass is 14.3. The molecule has 1 unspecified atom stereocenters. The summed E-state index contributed by atoms with van der Waals surface area (Å²) in [6.07, 6.45) is 21.8. The molecule has 1 saturated carbocycles. The first-order valence-corrected chi connectivity index (χ1v) is 12.8. The van der Waals surface area contributed by atoms with Crippen LogP contribution in [0.15, 0.2) is 94.2 Å². The van der Waals surface area contributed by atoms with Crippen molar-refractivity contribution in [3.8, 4) is 0 Å². The van der Waals surface area contributed by atoms with Crippen LogP contribution in [0.5, 0.6) is 0 Å². The minimum atomic E-state index is 0.428. The first-order valence-electron chi connectivity index (χ1n) is 12.8. The Morgan fingerprint density at radius 3 is 2.28 bits per heavy atom. The van der Waals surface area contributed by atoms with Crippen LogP contribution in [0.2, 0.25) is 0 Å². The van der Waals surface area contributed by atoms with Crippen molar-refractivity contribution in [3.05, 3.63) is 105 Å². The number of rotatable bonds is 5. The molecule has 0 radical (unpaired) electrons. The first kappa shape index (κ1) is 21.5. The van der Waals surface area contributed by atoms with Gasteiger partial charge in [-0.05, 0) is 109 Å². The van der Waals surface area contributed by atoms with Crippen LogP contribution >= 0.6 is 0 Å². The van der Waals surface area contributed by atoms with Gasteiger partial charge in [0.05, 0.1) is 0 Å². The lowest BCUT2D eigenvalue weighted by Crippen LogP contribution is -2.17. The van der Waals surface area contributed by atoms with Gasteiger partial charge in [-0.15, -0.1) is 0 Å². The maximum Gasteiger partial charge on any atom is 0.0281 e. The van der Waals surface area contributed by atoms with Crippen LogP contribution in [0.25, 0.3) is 0 Å². The fourth-order valence-electron chi connectivity index (χ4n) is 6.41. The van der Waals surface area contributed by atoms with Gasteiger partial charge in [-0.1, -0.05) is 80.1 Å². The maximum absolute atomic E-state index is 2.42. The predicted molar refractivity (Wildman–Crippen MR) is 138 cm³/mol. The van der Waals surface area contributed by atoms with Crippen molar-refractivity contribution >= 4 is 0 Å². The van der Waals surface area contributed by atoms with Crippen molar-refractivity contribution in [1.29, 1.82) is 0 Å². The summed E-state index contributed by atoms with van der Waals surface area (Å²) in [5.74, 6) is 2.97. The van der Waals surface area contributed by atoms with Gasteiger partial charge in [-0.2, -0.15) is 0 Å². The standard InChI is InChI=1S/C32H38/c1-21(2)25-14-16-27(17-15-25)26-12-10-24(11-13-26)20-28-18-19-31(30-7-5-6-29(28)30)32-22(3)8-9-23(32)4/h5-8,10-13,18-19,21,25,27,30H,9,14-17,20H2,1-4H3. The second-order valence-electron chi connectivity index (χ2n) is 10.8. The van der Waals surface area contributed by atoms with Crippen molar-refractivity contribution in [2.45, 2.75) is 72.1 Å². The molecule has 0 N–H and O–H groups in total. The lowest BCUT2D eigenvalue weighted by molar-refractivity contribution is 0.259. The van der Waals surface area contributed by atoms with Gasteiger partial charge in [0.2, 0.25) is 0 Å². The molecule has 0 heteroatoms. The van der Waals surface area contributed by atoms with E-state index >= 15 is 0 Å². The van der Waals surface area contributed by atoms with Crippen molar-refractivity contribution in [1.82, 2.24) is 0 Å². The molecule has 5 rings (SSSR count). The number of benzene rings is 1. The smallest absolute Gasteiger partial charge is 0.0281 e. The summed E-state index contributed by atoms with van der Waals surface area (Å²) in [5.41, 5.74) is 11.9. The second-order valence-corrected chi connectivity index (χ2v) is 10.8. The van der Waals surface area contributed by atoms with Crippen LogP contribution in [-0.2, 0) is 6.42 Å². The minimum absolute atomic E-state index is 0.428. The Morgan fingerprint density at radius 1 is 0.875 bits per heavy atom. The summed E-state index contributed by atoms with van der Waals surface area (Å²) < 4.78 is 0. The number of hydrogen-bond acceptors (Lipinski definition) is 0. The molecule has 4 aliphatic rings. The first-order chi connectivity index (χ1) is 15.5. The Bertz CT molecular complexity index is 1050. The summed E-state index contributed by atoms with van der Waals surface area (Å²) in [6, 6.07) is 9.61. The molecule has 1 atom stereocenters. The Kier molecular flexibility index (Phi) is 5.97. The van der Waals surface area contributed by atoms with E-state index in [-0.39, 0.29) is 0 Å². The van der Waals surface area contributed by atoms with Crippen LogP contribution < -0.4 is 0 Å². The van der Waals surface area contributed by atoms with Gasteiger partial charge in [0.25, 0.3) is 0 Å². The Morgan fingerprint density at radius 2 is 1.62 bits per heavy atom. The molecule has 0 aliphatic heterocycles. The van der Waals surface area contributed by atoms with E-state index in [2.05, 4.69) is 88.4 Å². The zero-order valence-electron chi connectivity index (χ0n) is 20.3. The van der Waals surface area contributed by atoms with Crippen LogP contribution in [-0.4, -0.2) is 0 Å². The average molecular weight is 423 g/mol. The van der Waals surface area contributed by atoms with Gasteiger partial charge in [0, 0.05) is 5.92 Å². The van der Waals surface area contributed by atoms with Gasteiger partial charge >= 0.3 is 0 Å². The molecule has 4 aliphatic carbocycles. The monoisotopic (exact) mass is 422 g/mol. The zero-order valence-corrected chi connectivity index (χ0v) is 20.3. The van der Waals surface area contributed by atoms with Crippen molar-refractivity contribution in [3.63, 3.8) is 0 Å². The Hall–Kier alpha value is -2.34. The molecular formula is C32H38. The average Bonchev–Trinajstić information content (AvgIpc) is 3.42. The topological polar surface area (TPSA) is 0 Å². The molecule has 1 aromatic carbocycles. The zero-order chi connectivity index (χ0) is 22.2. The molecule has 0 heterocycles. The van der Waals surface area contributed by atoms with Gasteiger partial charge in [0.15, 0.2) is 0 Å². The van der Waals surface area contributed by atoms with Crippen molar-refractivity contribution in [2.24, 2.45) is 17.8 Å². The lowest BCUT2D eigenvalue weighted by Gasteiger charge is -2.31. The third-order valence-corrected chi connectivity index (χ3v) is 8.47. The largest absolute Gasteiger partial charge is 0.0769 e. The molecule has 0 nitrogen and oxygen atoms in total. The molecule has 166 valence electrons. The minimum Gasteiger partial charge on any atom is -0.0769 e. The van der Waals surface area contributed by atoms with Crippen molar-refractivity contribution in [2.75, 3.05) is 0 Å². The van der Waals surface area contributed by atoms with E-state index in [0.717, 1.165) is 30.6 Å². The van der Waals surface area contributed by atoms with Gasteiger partial charge < -0.3 is 0 Å². The Balaban J connectivity index is 1.31. The van der Waals surface area contributed by atoms with Crippen molar-refractivity contribution < 1.29 is 0 Å². The highest BCUT2D eigenvalue weighted by molar-refractivity contribution is 5.64. The normalized spacial score (nSPS) is 27.3. The van der Waals surface area contributed by atoms with E-state index in [0.29, 0.717) is 5.92 Å². The second kappa shape index (κ2) is 8.89. The van der Waals surface area contributed by atoms with E-state index in [9.17, 15) is 0 Å². The van der Waals surface area contributed by atoms with Crippen LogP contribution in [0.4, 0.5) is 0 Å². The van der Waals surface area contributed by atoms with Gasteiger partial charge in [-0.3, -0.25) is 0 Å². The molecule has 32 heavy (non-hydrogen) atoms.